The molecule has 1 aromatic rings. The summed E-state index contributed by atoms with van der Waals surface area (Å²) in [6, 6.07) is 8.32. The highest BCUT2D eigenvalue weighted by Crippen LogP contribution is 2.19. The van der Waals surface area contributed by atoms with E-state index in [9.17, 15) is 14.4 Å². The van der Waals surface area contributed by atoms with Gasteiger partial charge in [-0.15, -0.1) is 0 Å². The predicted octanol–water partition coefficient (Wildman–Crippen LogP) is 2.18. The Morgan fingerprint density at radius 1 is 1.36 bits per heavy atom. The fourth-order valence-electron chi connectivity index (χ4n) is 2.00. The van der Waals surface area contributed by atoms with E-state index in [1.165, 1.54) is 0 Å². The number of esters is 1. The fourth-order valence-corrected chi connectivity index (χ4v) is 2.60. The van der Waals surface area contributed by atoms with E-state index >= 15 is 0 Å². The first-order valence-corrected chi connectivity index (χ1v) is 7.90. The van der Waals surface area contributed by atoms with Gasteiger partial charge in [-0.05, 0) is 11.3 Å². The van der Waals surface area contributed by atoms with E-state index in [0.29, 0.717) is 5.75 Å². The van der Waals surface area contributed by atoms with Gasteiger partial charge in [0.1, 0.15) is 12.6 Å². The molecule has 0 aromatic heterocycles. The van der Waals surface area contributed by atoms with Crippen molar-refractivity contribution < 1.29 is 23.9 Å². The lowest BCUT2D eigenvalue weighted by Gasteiger charge is -2.19. The third kappa shape index (κ3) is 4.24. The van der Waals surface area contributed by atoms with E-state index in [0.717, 1.165) is 22.2 Å². The molecule has 1 aliphatic rings. The molecule has 0 aliphatic carbocycles. The summed E-state index contributed by atoms with van der Waals surface area (Å²) in [6.07, 6.45) is -0.716. The molecule has 6 nitrogen and oxygen atoms in total. The van der Waals surface area contributed by atoms with Crippen LogP contribution >= 0.6 is 11.8 Å². The molecule has 22 heavy (non-hydrogen) atoms. The van der Waals surface area contributed by atoms with Gasteiger partial charge in [-0.2, -0.15) is 0 Å². The third-order valence-corrected chi connectivity index (χ3v) is 3.88. The van der Waals surface area contributed by atoms with E-state index in [2.05, 4.69) is 0 Å². The Bertz CT molecular complexity index is 548. The van der Waals surface area contributed by atoms with Crippen molar-refractivity contribution >= 4 is 28.9 Å². The maximum Gasteiger partial charge on any atom is 0.413 e. The number of carbonyl (C=O) groups is 3. The molecule has 1 fully saturated rings. The molecule has 1 heterocycles. The summed E-state index contributed by atoms with van der Waals surface area (Å²) in [5.74, 6) is 0.0562. The summed E-state index contributed by atoms with van der Waals surface area (Å²) >= 11 is 1.12. The highest BCUT2D eigenvalue weighted by molar-refractivity contribution is 8.13. The summed E-state index contributed by atoms with van der Waals surface area (Å²) in [4.78, 5) is 36.6. The molecule has 0 spiro atoms. The topological polar surface area (TPSA) is 72.9 Å². The molecule has 0 unspecified atom stereocenters. The first-order valence-electron chi connectivity index (χ1n) is 6.91. The Kier molecular flexibility index (Phi) is 5.83. The van der Waals surface area contributed by atoms with Crippen molar-refractivity contribution in [1.29, 1.82) is 0 Å². The van der Waals surface area contributed by atoms with Crippen LogP contribution in [0.1, 0.15) is 18.9 Å². The lowest BCUT2D eigenvalue weighted by Crippen LogP contribution is -2.39. The Labute approximate surface area is 132 Å². The monoisotopic (exact) mass is 323 g/mol. The molecular formula is C15H17NO5S. The van der Waals surface area contributed by atoms with E-state index in [-0.39, 0.29) is 24.9 Å². The Hall–Kier alpha value is -2.02. The Morgan fingerprint density at radius 3 is 2.77 bits per heavy atom. The second-order valence-electron chi connectivity index (χ2n) is 4.63. The van der Waals surface area contributed by atoms with Gasteiger partial charge in [0, 0.05) is 6.42 Å². The lowest BCUT2D eigenvalue weighted by molar-refractivity contribution is -0.139. The van der Waals surface area contributed by atoms with Crippen LogP contribution in [0.3, 0.4) is 0 Å². The average Bonchev–Trinajstić information content (AvgIpc) is 2.87. The molecule has 2 rings (SSSR count). The number of nitrogens with zero attached hydrogens (tertiary/aromatic N) is 1. The van der Waals surface area contributed by atoms with E-state index in [1.54, 1.807) is 0 Å². The normalized spacial score (nSPS) is 17.2. The summed E-state index contributed by atoms with van der Waals surface area (Å²) in [7, 11) is 0. The SMILES string of the molecule is CCSC(=O)C[C@H]1C(=O)OCN1C(=O)OCc1ccccc1. The predicted molar refractivity (Wildman–Crippen MR) is 81.0 cm³/mol. The molecular weight excluding hydrogens is 306 g/mol. The van der Waals surface area contributed by atoms with Crippen LogP contribution in [0.25, 0.3) is 0 Å². The van der Waals surface area contributed by atoms with Crippen LogP contribution in [0.15, 0.2) is 30.3 Å². The number of rotatable bonds is 5. The molecule has 1 aromatic carbocycles. The second-order valence-corrected chi connectivity index (χ2v) is 5.95. The molecule has 0 radical (unpaired) electrons. The fraction of sp³-hybridized carbons (Fsp3) is 0.400. The van der Waals surface area contributed by atoms with Crippen LogP contribution in [-0.4, -0.2) is 40.6 Å². The van der Waals surface area contributed by atoms with Crippen LogP contribution in [0.5, 0.6) is 0 Å². The van der Waals surface area contributed by atoms with Crippen molar-refractivity contribution in [2.75, 3.05) is 12.5 Å². The highest BCUT2D eigenvalue weighted by Gasteiger charge is 2.40. The number of hydrogen-bond donors (Lipinski definition) is 0. The molecule has 118 valence electrons. The number of benzene rings is 1. The largest absolute Gasteiger partial charge is 0.444 e. The van der Waals surface area contributed by atoms with Gasteiger partial charge in [0.15, 0.2) is 11.8 Å². The van der Waals surface area contributed by atoms with Gasteiger partial charge in [-0.1, -0.05) is 49.0 Å². The second kappa shape index (κ2) is 7.84. The number of ether oxygens (including phenoxy) is 2. The first-order chi connectivity index (χ1) is 10.6. The van der Waals surface area contributed by atoms with Gasteiger partial charge in [0.2, 0.25) is 0 Å². The van der Waals surface area contributed by atoms with E-state index in [4.69, 9.17) is 9.47 Å². The number of hydrogen-bond acceptors (Lipinski definition) is 6. The van der Waals surface area contributed by atoms with E-state index in [1.807, 2.05) is 37.3 Å². The summed E-state index contributed by atoms with van der Waals surface area (Å²) in [5, 5.41) is -0.146. The zero-order valence-electron chi connectivity index (χ0n) is 12.2. The van der Waals surface area contributed by atoms with E-state index < -0.39 is 18.1 Å². The van der Waals surface area contributed by atoms with Gasteiger partial charge >= 0.3 is 12.1 Å². The summed E-state index contributed by atoms with van der Waals surface area (Å²) in [5.41, 5.74) is 0.844. The molecule has 0 bridgehead atoms. The van der Waals surface area contributed by atoms with Crippen molar-refractivity contribution in [3.8, 4) is 0 Å². The zero-order valence-corrected chi connectivity index (χ0v) is 13.0. The number of cyclic esters (lactones) is 1. The minimum Gasteiger partial charge on any atom is -0.444 e. The van der Waals surface area contributed by atoms with Gasteiger partial charge < -0.3 is 9.47 Å². The van der Waals surface area contributed by atoms with Gasteiger partial charge in [-0.25, -0.2) is 9.59 Å². The zero-order chi connectivity index (χ0) is 15.9. The maximum absolute atomic E-state index is 12.1. The Morgan fingerprint density at radius 2 is 2.09 bits per heavy atom. The molecule has 0 N–H and O–H groups in total. The van der Waals surface area contributed by atoms with Crippen LogP contribution in [-0.2, 0) is 25.7 Å². The summed E-state index contributed by atoms with van der Waals surface area (Å²) < 4.78 is 10.0. The van der Waals surface area contributed by atoms with Crippen LogP contribution in [0.2, 0.25) is 0 Å². The van der Waals surface area contributed by atoms with Crippen LogP contribution in [0.4, 0.5) is 4.79 Å². The number of carbonyl (C=O) groups excluding carboxylic acids is 3. The Balaban J connectivity index is 1.92. The van der Waals surface area contributed by atoms with Crippen molar-refractivity contribution in [1.82, 2.24) is 4.90 Å². The molecule has 1 amide bonds. The van der Waals surface area contributed by atoms with Crippen LogP contribution < -0.4 is 0 Å². The van der Waals surface area contributed by atoms with Crippen molar-refractivity contribution in [3.05, 3.63) is 35.9 Å². The molecule has 7 heteroatoms. The molecule has 1 saturated heterocycles. The lowest BCUT2D eigenvalue weighted by atomic mass is 10.2. The van der Waals surface area contributed by atoms with Gasteiger partial charge in [0.05, 0.1) is 0 Å². The quantitative estimate of drug-likeness (QED) is 0.773. The summed E-state index contributed by atoms with van der Waals surface area (Å²) in [6.45, 7) is 1.78. The minimum atomic E-state index is -0.894. The molecule has 1 aliphatic heterocycles. The average molecular weight is 323 g/mol. The van der Waals surface area contributed by atoms with Crippen molar-refractivity contribution in [2.45, 2.75) is 26.0 Å². The van der Waals surface area contributed by atoms with Gasteiger partial charge in [0.25, 0.3) is 0 Å². The van der Waals surface area contributed by atoms with Crippen LogP contribution in [0, 0.1) is 0 Å². The molecule has 0 saturated carbocycles. The first kappa shape index (κ1) is 16.4. The standard InChI is InChI=1S/C15H17NO5S/c1-2-22-13(17)8-12-14(18)21-10-16(12)15(19)20-9-11-6-4-3-5-7-11/h3-7,12H,2,8-10H2,1H3/t12-/m0/s1. The number of thioether (sulfide) groups is 1. The smallest absolute Gasteiger partial charge is 0.413 e. The molecule has 1 atom stereocenters. The van der Waals surface area contributed by atoms with Gasteiger partial charge in [-0.3, -0.25) is 9.69 Å². The maximum atomic E-state index is 12.1. The number of amides is 1. The minimum absolute atomic E-state index is 0.0578. The third-order valence-electron chi connectivity index (χ3n) is 3.10. The van der Waals surface area contributed by atoms with Crippen molar-refractivity contribution in [3.63, 3.8) is 0 Å². The highest BCUT2D eigenvalue weighted by atomic mass is 32.2. The van der Waals surface area contributed by atoms with Crippen molar-refractivity contribution in [2.24, 2.45) is 0 Å².